The fourth-order valence-electron chi connectivity index (χ4n) is 5.47. The fraction of sp³-hybridized carbons (Fsp3) is 0.160. The van der Waals surface area contributed by atoms with E-state index >= 15 is 0 Å². The van der Waals surface area contributed by atoms with E-state index in [4.69, 9.17) is 0 Å². The number of hydrogen-bond acceptors (Lipinski definition) is 1. The summed E-state index contributed by atoms with van der Waals surface area (Å²) in [6.45, 7) is 0.669. The number of anilines is 1. The van der Waals surface area contributed by atoms with Gasteiger partial charge in [0.2, 0.25) is 0 Å². The lowest BCUT2D eigenvalue weighted by molar-refractivity contribution is -0.114. The Hall–Kier alpha value is -3.13. The van der Waals surface area contributed by atoms with E-state index in [1.165, 1.54) is 27.8 Å². The van der Waals surface area contributed by atoms with Gasteiger partial charge in [-0.05, 0) is 46.4 Å². The highest BCUT2D eigenvalue weighted by molar-refractivity contribution is 6.04. The number of carbonyl (C=O) groups is 1. The minimum Gasteiger partial charge on any atom is -0.307 e. The molecule has 7 rings (SSSR count). The van der Waals surface area contributed by atoms with E-state index in [9.17, 15) is 4.79 Å². The minimum atomic E-state index is -0.230. The van der Waals surface area contributed by atoms with Crippen molar-refractivity contribution in [2.24, 2.45) is 0 Å². The summed E-state index contributed by atoms with van der Waals surface area (Å²) < 4.78 is 0. The Bertz CT molecular complexity index is 1060. The van der Waals surface area contributed by atoms with Gasteiger partial charge in [-0.3, -0.25) is 4.79 Å². The summed E-state index contributed by atoms with van der Waals surface area (Å²) >= 11 is 0. The largest absolute Gasteiger partial charge is 0.307 e. The van der Waals surface area contributed by atoms with Crippen molar-refractivity contribution in [2.75, 3.05) is 11.4 Å². The number of nitrogens with zero attached hydrogens (tertiary/aromatic N) is 1. The lowest BCUT2D eigenvalue weighted by Crippen LogP contribution is -2.54. The highest BCUT2D eigenvalue weighted by atomic mass is 16.2. The fourth-order valence-corrected chi connectivity index (χ4v) is 5.47. The highest BCUT2D eigenvalue weighted by Crippen LogP contribution is 2.60. The predicted octanol–water partition coefficient (Wildman–Crippen LogP) is 4.79. The Balaban J connectivity index is 1.65. The number of benzene rings is 3. The van der Waals surface area contributed by atoms with Gasteiger partial charge in [-0.15, -0.1) is 0 Å². The Morgan fingerprint density at radius 3 is 2.04 bits per heavy atom. The summed E-state index contributed by atoms with van der Waals surface area (Å²) in [7, 11) is 0. The number of amides is 1. The Labute approximate surface area is 158 Å². The summed E-state index contributed by atoms with van der Waals surface area (Å²) in [6.07, 6.45) is 2.86. The van der Waals surface area contributed by atoms with Crippen LogP contribution in [-0.4, -0.2) is 12.5 Å². The van der Waals surface area contributed by atoms with Gasteiger partial charge >= 0.3 is 0 Å². The number of rotatable bonds is 1. The molecule has 0 atom stereocenters. The van der Waals surface area contributed by atoms with Crippen LogP contribution < -0.4 is 4.90 Å². The van der Waals surface area contributed by atoms with Crippen molar-refractivity contribution in [3.8, 4) is 0 Å². The van der Waals surface area contributed by atoms with Crippen LogP contribution >= 0.6 is 0 Å². The normalized spacial score (nSPS) is 24.7. The van der Waals surface area contributed by atoms with Crippen molar-refractivity contribution < 1.29 is 4.79 Å². The molecular weight excluding hydrogens is 330 g/mol. The van der Waals surface area contributed by atoms with Gasteiger partial charge in [0.1, 0.15) is 0 Å². The second-order valence-corrected chi connectivity index (χ2v) is 7.77. The molecule has 0 unspecified atom stereocenters. The van der Waals surface area contributed by atoms with Gasteiger partial charge in [0.05, 0.1) is 5.41 Å². The zero-order chi connectivity index (χ0) is 18.0. The second kappa shape index (κ2) is 5.20. The van der Waals surface area contributed by atoms with E-state index in [0.717, 1.165) is 12.1 Å². The molecule has 2 nitrogen and oxygen atoms in total. The third-order valence-electron chi connectivity index (χ3n) is 6.59. The molecule has 0 fully saturated rings. The molecule has 3 aromatic carbocycles. The smallest absolute Gasteiger partial charge is 0.251 e. The zero-order valence-corrected chi connectivity index (χ0v) is 14.9. The van der Waals surface area contributed by atoms with Crippen molar-refractivity contribution in [1.82, 2.24) is 0 Å². The molecule has 0 saturated carbocycles. The number of carbonyl (C=O) groups excluding carboxylic acids is 1. The van der Waals surface area contributed by atoms with Gasteiger partial charge in [0, 0.05) is 24.2 Å². The zero-order valence-electron chi connectivity index (χ0n) is 14.9. The summed E-state index contributed by atoms with van der Waals surface area (Å²) in [6, 6.07) is 27.7. The van der Waals surface area contributed by atoms with Crippen LogP contribution in [0.1, 0.15) is 34.6 Å². The van der Waals surface area contributed by atoms with E-state index < -0.39 is 0 Å². The maximum absolute atomic E-state index is 13.0. The van der Waals surface area contributed by atoms with Crippen LogP contribution in [0.15, 0.2) is 90.5 Å². The van der Waals surface area contributed by atoms with Crippen molar-refractivity contribution >= 4 is 11.6 Å². The van der Waals surface area contributed by atoms with E-state index in [2.05, 4.69) is 48.5 Å². The van der Waals surface area contributed by atoms with Crippen molar-refractivity contribution in [1.29, 1.82) is 0 Å². The molecule has 0 aromatic heterocycles. The SMILES string of the molecule is O=C1C=C2CC3c4ccccc4C2(CN1c1ccccc1)c1ccccc13. The van der Waals surface area contributed by atoms with E-state index in [-0.39, 0.29) is 11.3 Å². The van der Waals surface area contributed by atoms with Crippen molar-refractivity contribution in [2.45, 2.75) is 17.8 Å². The van der Waals surface area contributed by atoms with Crippen LogP contribution in [0.2, 0.25) is 0 Å². The summed E-state index contributed by atoms with van der Waals surface area (Å²) in [5, 5.41) is 0. The van der Waals surface area contributed by atoms with Crippen LogP contribution in [0, 0.1) is 0 Å². The van der Waals surface area contributed by atoms with E-state index in [1.54, 1.807) is 0 Å². The number of hydrogen-bond donors (Lipinski definition) is 0. The second-order valence-electron chi connectivity index (χ2n) is 7.77. The molecule has 130 valence electrons. The summed E-state index contributed by atoms with van der Waals surface area (Å²) in [5.41, 5.74) is 7.62. The van der Waals surface area contributed by atoms with Crippen molar-refractivity contribution in [3.05, 3.63) is 113 Å². The third kappa shape index (κ3) is 1.83. The molecule has 1 amide bonds. The number of para-hydroxylation sites is 1. The van der Waals surface area contributed by atoms with Crippen molar-refractivity contribution in [3.63, 3.8) is 0 Å². The van der Waals surface area contributed by atoms with Crippen LogP contribution in [0.5, 0.6) is 0 Å². The van der Waals surface area contributed by atoms with Crippen LogP contribution in [0.3, 0.4) is 0 Å². The molecule has 0 radical (unpaired) electrons. The molecule has 2 heteroatoms. The molecule has 1 aliphatic heterocycles. The standard InChI is InChI=1S/C25H19NO/c27-24-15-17-14-21-19-10-4-6-12-22(19)25(17,23-13-7-5-11-20(21)23)16-26(24)18-8-2-1-3-9-18/h1-13,15,21H,14,16H2. The Kier molecular flexibility index (Phi) is 2.88. The molecule has 3 aliphatic carbocycles. The van der Waals surface area contributed by atoms with E-state index in [1.807, 2.05) is 41.3 Å². The van der Waals surface area contributed by atoms with E-state index in [0.29, 0.717) is 12.5 Å². The van der Waals surface area contributed by atoms with Gasteiger partial charge in [0.25, 0.3) is 5.91 Å². The first-order valence-corrected chi connectivity index (χ1v) is 9.55. The average Bonchev–Trinajstić information content (AvgIpc) is 2.74. The summed E-state index contributed by atoms with van der Waals surface area (Å²) in [5.74, 6) is 0.464. The van der Waals surface area contributed by atoms with Crippen LogP contribution in [0.25, 0.3) is 0 Å². The molecule has 4 aliphatic rings. The molecular formula is C25H19NO. The maximum Gasteiger partial charge on any atom is 0.251 e. The molecule has 3 aromatic rings. The van der Waals surface area contributed by atoms with Gasteiger partial charge in [-0.25, -0.2) is 0 Å². The molecule has 27 heavy (non-hydrogen) atoms. The molecule has 2 bridgehead atoms. The quantitative estimate of drug-likeness (QED) is 0.618. The molecule has 1 spiro atoms. The third-order valence-corrected chi connectivity index (χ3v) is 6.59. The lowest BCUT2D eigenvalue weighted by Gasteiger charge is -2.54. The average molecular weight is 349 g/mol. The molecule has 0 N–H and O–H groups in total. The first-order chi connectivity index (χ1) is 13.3. The minimum absolute atomic E-state index is 0.101. The van der Waals surface area contributed by atoms with Crippen LogP contribution in [0.4, 0.5) is 5.69 Å². The predicted molar refractivity (Wildman–Crippen MR) is 107 cm³/mol. The first kappa shape index (κ1) is 15.0. The van der Waals surface area contributed by atoms with Gasteiger partial charge in [0.15, 0.2) is 0 Å². The Morgan fingerprint density at radius 1 is 0.778 bits per heavy atom. The molecule has 1 heterocycles. The highest BCUT2D eigenvalue weighted by Gasteiger charge is 2.54. The van der Waals surface area contributed by atoms with Crippen LogP contribution in [-0.2, 0) is 10.2 Å². The summed E-state index contributed by atoms with van der Waals surface area (Å²) in [4.78, 5) is 14.9. The Morgan fingerprint density at radius 2 is 1.37 bits per heavy atom. The van der Waals surface area contributed by atoms with Gasteiger partial charge < -0.3 is 4.90 Å². The molecule has 0 saturated heterocycles. The topological polar surface area (TPSA) is 20.3 Å². The van der Waals surface area contributed by atoms with Gasteiger partial charge in [-0.1, -0.05) is 66.7 Å². The maximum atomic E-state index is 13.0. The van der Waals surface area contributed by atoms with Gasteiger partial charge in [-0.2, -0.15) is 0 Å². The first-order valence-electron chi connectivity index (χ1n) is 9.55. The monoisotopic (exact) mass is 349 g/mol. The lowest BCUT2D eigenvalue weighted by atomic mass is 9.52.